The molecule has 0 aliphatic rings. The number of nitrogens with zero attached hydrogens (tertiary/aromatic N) is 3. The van der Waals surface area contributed by atoms with Crippen molar-refractivity contribution in [3.63, 3.8) is 0 Å². The van der Waals surface area contributed by atoms with Crippen LogP contribution in [0.1, 0.15) is 18.1 Å². The predicted molar refractivity (Wildman–Crippen MR) is 71.2 cm³/mol. The molecule has 1 heterocycles. The maximum Gasteiger partial charge on any atom is 0.146 e. The van der Waals surface area contributed by atoms with Crippen LogP contribution in [0.2, 0.25) is 0 Å². The second kappa shape index (κ2) is 5.60. The Morgan fingerprint density at radius 3 is 2.61 bits per heavy atom. The Balaban J connectivity index is 2.11. The molecule has 0 saturated carbocycles. The molecular weight excluding hydrogens is 224 g/mol. The summed E-state index contributed by atoms with van der Waals surface area (Å²) in [6, 6.07) is 15.0. The molecule has 0 bridgehead atoms. The fourth-order valence-corrected chi connectivity index (χ4v) is 1.42. The van der Waals surface area contributed by atoms with Gasteiger partial charge >= 0.3 is 0 Å². The third-order valence-electron chi connectivity index (χ3n) is 2.43. The third-order valence-corrected chi connectivity index (χ3v) is 2.43. The first-order valence-corrected chi connectivity index (χ1v) is 5.51. The van der Waals surface area contributed by atoms with Crippen molar-refractivity contribution in [3.05, 3.63) is 59.8 Å². The Hall–Kier alpha value is -2.67. The van der Waals surface area contributed by atoms with Crippen molar-refractivity contribution < 1.29 is 0 Å². The first kappa shape index (κ1) is 11.8. The second-order valence-corrected chi connectivity index (χ2v) is 3.71. The van der Waals surface area contributed by atoms with Crippen LogP contribution in [0, 0.1) is 11.3 Å². The van der Waals surface area contributed by atoms with Gasteiger partial charge in [-0.05, 0) is 36.8 Å². The SMILES string of the molecule is CC(=NNc1ccccn1)c1ccc(C#N)cc1. The lowest BCUT2D eigenvalue weighted by atomic mass is 10.1. The topological polar surface area (TPSA) is 61.1 Å². The van der Waals surface area contributed by atoms with E-state index >= 15 is 0 Å². The summed E-state index contributed by atoms with van der Waals surface area (Å²) in [4.78, 5) is 4.11. The molecule has 1 aromatic heterocycles. The Morgan fingerprint density at radius 2 is 2.00 bits per heavy atom. The van der Waals surface area contributed by atoms with Crippen LogP contribution in [0.4, 0.5) is 5.82 Å². The molecule has 0 atom stereocenters. The van der Waals surface area contributed by atoms with Crippen molar-refractivity contribution in [2.75, 3.05) is 5.43 Å². The first-order chi connectivity index (χ1) is 8.79. The van der Waals surface area contributed by atoms with Crippen molar-refractivity contribution in [3.8, 4) is 6.07 Å². The molecule has 0 fully saturated rings. The number of hydrogen-bond donors (Lipinski definition) is 1. The van der Waals surface area contributed by atoms with Gasteiger partial charge in [-0.2, -0.15) is 10.4 Å². The number of anilines is 1. The monoisotopic (exact) mass is 236 g/mol. The largest absolute Gasteiger partial charge is 0.261 e. The number of nitrogens with one attached hydrogen (secondary N) is 1. The summed E-state index contributed by atoms with van der Waals surface area (Å²) in [6.07, 6.45) is 1.70. The van der Waals surface area contributed by atoms with Gasteiger partial charge < -0.3 is 0 Å². The van der Waals surface area contributed by atoms with E-state index in [1.807, 2.05) is 37.3 Å². The molecular formula is C14H12N4. The Kier molecular flexibility index (Phi) is 3.67. The molecule has 1 N–H and O–H groups in total. The van der Waals surface area contributed by atoms with Crippen molar-refractivity contribution >= 4 is 11.5 Å². The minimum atomic E-state index is 0.643. The van der Waals surface area contributed by atoms with Gasteiger partial charge in [0.25, 0.3) is 0 Å². The summed E-state index contributed by atoms with van der Waals surface area (Å²) >= 11 is 0. The molecule has 0 amide bonds. The Bertz CT molecular complexity index is 579. The zero-order valence-electron chi connectivity index (χ0n) is 9.96. The Morgan fingerprint density at radius 1 is 1.22 bits per heavy atom. The molecule has 2 aromatic rings. The fraction of sp³-hybridized carbons (Fsp3) is 0.0714. The minimum absolute atomic E-state index is 0.643. The van der Waals surface area contributed by atoms with Gasteiger partial charge in [0.15, 0.2) is 0 Å². The average Bonchev–Trinajstić information content (AvgIpc) is 2.46. The van der Waals surface area contributed by atoms with Gasteiger partial charge in [-0.1, -0.05) is 18.2 Å². The number of hydrazone groups is 1. The lowest BCUT2D eigenvalue weighted by molar-refractivity contribution is 1.22. The number of rotatable bonds is 3. The van der Waals surface area contributed by atoms with E-state index in [1.165, 1.54) is 0 Å². The summed E-state index contributed by atoms with van der Waals surface area (Å²) in [5.41, 5.74) is 5.33. The third kappa shape index (κ3) is 2.92. The summed E-state index contributed by atoms with van der Waals surface area (Å²) in [5.74, 6) is 0.700. The summed E-state index contributed by atoms with van der Waals surface area (Å²) < 4.78 is 0. The number of pyridine rings is 1. The highest BCUT2D eigenvalue weighted by atomic mass is 15.3. The van der Waals surface area contributed by atoms with Gasteiger partial charge in [0.05, 0.1) is 17.3 Å². The zero-order chi connectivity index (χ0) is 12.8. The van der Waals surface area contributed by atoms with Crippen molar-refractivity contribution in [1.29, 1.82) is 5.26 Å². The highest BCUT2D eigenvalue weighted by Gasteiger charge is 1.98. The van der Waals surface area contributed by atoms with Gasteiger partial charge in [-0.3, -0.25) is 5.43 Å². The molecule has 0 spiro atoms. The molecule has 1 aromatic carbocycles. The highest BCUT2D eigenvalue weighted by Crippen LogP contribution is 2.06. The molecule has 0 saturated heterocycles. The average molecular weight is 236 g/mol. The fourth-order valence-electron chi connectivity index (χ4n) is 1.42. The molecule has 0 radical (unpaired) electrons. The smallest absolute Gasteiger partial charge is 0.146 e. The number of nitriles is 1. The molecule has 88 valence electrons. The van der Waals surface area contributed by atoms with E-state index in [1.54, 1.807) is 18.3 Å². The summed E-state index contributed by atoms with van der Waals surface area (Å²) in [6.45, 7) is 1.90. The molecule has 18 heavy (non-hydrogen) atoms. The van der Waals surface area contributed by atoms with Gasteiger partial charge in [-0.15, -0.1) is 0 Å². The van der Waals surface area contributed by atoms with E-state index in [2.05, 4.69) is 21.6 Å². The van der Waals surface area contributed by atoms with Crippen LogP contribution in [0.5, 0.6) is 0 Å². The van der Waals surface area contributed by atoms with E-state index in [0.29, 0.717) is 11.4 Å². The van der Waals surface area contributed by atoms with E-state index in [4.69, 9.17) is 5.26 Å². The van der Waals surface area contributed by atoms with Gasteiger partial charge in [0.2, 0.25) is 0 Å². The highest BCUT2D eigenvalue weighted by molar-refractivity contribution is 5.99. The van der Waals surface area contributed by atoms with Gasteiger partial charge in [0.1, 0.15) is 5.82 Å². The van der Waals surface area contributed by atoms with E-state index in [-0.39, 0.29) is 0 Å². The quantitative estimate of drug-likeness (QED) is 0.658. The van der Waals surface area contributed by atoms with E-state index in [9.17, 15) is 0 Å². The molecule has 0 aliphatic heterocycles. The maximum atomic E-state index is 8.72. The van der Waals surface area contributed by atoms with Crippen LogP contribution in [-0.2, 0) is 0 Å². The lowest BCUT2D eigenvalue weighted by Crippen LogP contribution is -2.00. The number of benzene rings is 1. The van der Waals surface area contributed by atoms with Crippen LogP contribution in [0.15, 0.2) is 53.8 Å². The Labute approximate surface area is 106 Å². The van der Waals surface area contributed by atoms with Crippen LogP contribution in [-0.4, -0.2) is 10.7 Å². The number of aromatic nitrogens is 1. The lowest BCUT2D eigenvalue weighted by Gasteiger charge is -2.02. The summed E-state index contributed by atoms with van der Waals surface area (Å²) in [7, 11) is 0. The molecule has 0 unspecified atom stereocenters. The normalized spacial score (nSPS) is 10.8. The van der Waals surface area contributed by atoms with Crippen molar-refractivity contribution in [2.24, 2.45) is 5.10 Å². The van der Waals surface area contributed by atoms with Crippen LogP contribution >= 0.6 is 0 Å². The van der Waals surface area contributed by atoms with Crippen molar-refractivity contribution in [1.82, 2.24) is 4.98 Å². The van der Waals surface area contributed by atoms with E-state index < -0.39 is 0 Å². The number of hydrogen-bond acceptors (Lipinski definition) is 4. The van der Waals surface area contributed by atoms with E-state index in [0.717, 1.165) is 11.3 Å². The second-order valence-electron chi connectivity index (χ2n) is 3.71. The predicted octanol–water partition coefficient (Wildman–Crippen LogP) is 2.79. The van der Waals surface area contributed by atoms with Gasteiger partial charge in [0, 0.05) is 6.20 Å². The molecule has 4 heteroatoms. The van der Waals surface area contributed by atoms with Crippen molar-refractivity contribution in [2.45, 2.75) is 6.92 Å². The first-order valence-electron chi connectivity index (χ1n) is 5.51. The zero-order valence-corrected chi connectivity index (χ0v) is 9.96. The maximum absolute atomic E-state index is 8.72. The molecule has 4 nitrogen and oxygen atoms in total. The molecule has 0 aliphatic carbocycles. The minimum Gasteiger partial charge on any atom is -0.261 e. The standard InChI is InChI=1S/C14H12N4/c1-11(13-7-5-12(10-15)6-8-13)17-18-14-4-2-3-9-16-14/h2-9H,1H3,(H,16,18). The van der Waals surface area contributed by atoms with Crippen LogP contribution < -0.4 is 5.43 Å². The van der Waals surface area contributed by atoms with Crippen LogP contribution in [0.3, 0.4) is 0 Å². The summed E-state index contributed by atoms with van der Waals surface area (Å²) in [5, 5.41) is 13.0. The van der Waals surface area contributed by atoms with Crippen LogP contribution in [0.25, 0.3) is 0 Å². The molecule has 2 rings (SSSR count). The van der Waals surface area contributed by atoms with Gasteiger partial charge in [-0.25, -0.2) is 4.98 Å².